The second kappa shape index (κ2) is 5.28. The summed E-state index contributed by atoms with van der Waals surface area (Å²) in [5.74, 6) is 0.630. The maximum atomic E-state index is 12.9. The molecule has 3 aliphatic rings. The second-order valence-electron chi connectivity index (χ2n) is 6.61. The van der Waals surface area contributed by atoms with Gasteiger partial charge in [0.05, 0.1) is 6.04 Å². The number of carbonyl (C=O) groups excluding carboxylic acids is 1. The van der Waals surface area contributed by atoms with E-state index in [-0.39, 0.29) is 5.92 Å². The molecule has 2 saturated heterocycles. The summed E-state index contributed by atoms with van der Waals surface area (Å²) >= 11 is 0. The molecule has 1 aliphatic carbocycles. The Bertz CT molecular complexity index is 524. The maximum absolute atomic E-state index is 12.9. The van der Waals surface area contributed by atoms with Crippen molar-refractivity contribution in [2.24, 2.45) is 5.92 Å². The Labute approximate surface area is 125 Å². The van der Waals surface area contributed by atoms with Crippen molar-refractivity contribution in [2.45, 2.75) is 63.1 Å². The summed E-state index contributed by atoms with van der Waals surface area (Å²) in [7, 11) is 0. The van der Waals surface area contributed by atoms with Crippen LogP contribution in [0.5, 0.6) is 0 Å². The van der Waals surface area contributed by atoms with Crippen molar-refractivity contribution in [1.82, 2.24) is 19.7 Å². The van der Waals surface area contributed by atoms with Gasteiger partial charge in [-0.25, -0.2) is 9.67 Å². The van der Waals surface area contributed by atoms with E-state index in [4.69, 9.17) is 0 Å². The highest BCUT2D eigenvalue weighted by atomic mass is 16.2. The van der Waals surface area contributed by atoms with Crippen molar-refractivity contribution in [3.63, 3.8) is 0 Å². The smallest absolute Gasteiger partial charge is 0.226 e. The van der Waals surface area contributed by atoms with Gasteiger partial charge in [0.25, 0.3) is 0 Å². The van der Waals surface area contributed by atoms with Crippen LogP contribution < -0.4 is 0 Å². The van der Waals surface area contributed by atoms with Crippen LogP contribution in [0.3, 0.4) is 0 Å². The molecule has 1 amide bonds. The van der Waals surface area contributed by atoms with Crippen LogP contribution in [-0.4, -0.2) is 37.7 Å². The third-order valence-corrected chi connectivity index (χ3v) is 5.39. The molecule has 5 nitrogen and oxygen atoms in total. The molecular formula is C16H22N4O. The number of piperidine rings is 1. The van der Waals surface area contributed by atoms with E-state index in [1.807, 2.05) is 11.0 Å². The highest BCUT2D eigenvalue weighted by Crippen LogP contribution is 2.42. The summed E-state index contributed by atoms with van der Waals surface area (Å²) in [4.78, 5) is 19.2. The van der Waals surface area contributed by atoms with E-state index in [1.165, 1.54) is 0 Å². The van der Waals surface area contributed by atoms with Gasteiger partial charge in [-0.1, -0.05) is 12.2 Å². The number of rotatable bonds is 2. The van der Waals surface area contributed by atoms with E-state index in [0.717, 1.165) is 44.9 Å². The normalized spacial score (nSPS) is 35.1. The summed E-state index contributed by atoms with van der Waals surface area (Å²) < 4.78 is 1.98. The molecule has 1 aromatic rings. The fourth-order valence-electron chi connectivity index (χ4n) is 4.36. The third-order valence-electron chi connectivity index (χ3n) is 5.39. The van der Waals surface area contributed by atoms with Gasteiger partial charge in [-0.15, -0.1) is 0 Å². The van der Waals surface area contributed by atoms with Crippen molar-refractivity contribution in [1.29, 1.82) is 0 Å². The lowest BCUT2D eigenvalue weighted by atomic mass is 9.90. The van der Waals surface area contributed by atoms with Crippen LogP contribution >= 0.6 is 0 Å². The van der Waals surface area contributed by atoms with Gasteiger partial charge in [0.2, 0.25) is 5.91 Å². The zero-order chi connectivity index (χ0) is 14.2. The fourth-order valence-corrected chi connectivity index (χ4v) is 4.36. The summed E-state index contributed by atoms with van der Waals surface area (Å²) in [6, 6.07) is 1.24. The molecule has 3 heterocycles. The average Bonchev–Trinajstić information content (AvgIpc) is 3.14. The molecular weight excluding hydrogens is 264 g/mol. The van der Waals surface area contributed by atoms with E-state index < -0.39 is 0 Å². The van der Waals surface area contributed by atoms with E-state index >= 15 is 0 Å². The average molecular weight is 286 g/mol. The SMILES string of the molecule is O=C(C1CC=CCC1)N1C2CCC1CC(n1cncn1)C2. The summed E-state index contributed by atoms with van der Waals surface area (Å²) in [6.45, 7) is 0. The number of allylic oxidation sites excluding steroid dienone is 2. The molecule has 0 aromatic carbocycles. The van der Waals surface area contributed by atoms with Crippen molar-refractivity contribution < 1.29 is 4.79 Å². The number of hydrogen-bond acceptors (Lipinski definition) is 3. The van der Waals surface area contributed by atoms with Gasteiger partial charge < -0.3 is 4.90 Å². The Morgan fingerprint density at radius 3 is 2.48 bits per heavy atom. The zero-order valence-corrected chi connectivity index (χ0v) is 12.3. The molecule has 3 atom stereocenters. The molecule has 0 saturated carbocycles. The quantitative estimate of drug-likeness (QED) is 0.784. The molecule has 4 rings (SSSR count). The van der Waals surface area contributed by atoms with Crippen LogP contribution in [0.4, 0.5) is 0 Å². The summed E-state index contributed by atoms with van der Waals surface area (Å²) in [5, 5.41) is 4.29. The van der Waals surface area contributed by atoms with Crippen molar-refractivity contribution in [3.05, 3.63) is 24.8 Å². The number of aromatic nitrogens is 3. The van der Waals surface area contributed by atoms with Crippen LogP contribution in [-0.2, 0) is 4.79 Å². The van der Waals surface area contributed by atoms with Gasteiger partial charge in [0.15, 0.2) is 0 Å². The summed E-state index contributed by atoms with van der Waals surface area (Å²) in [6.07, 6.45) is 15.2. The first-order chi connectivity index (χ1) is 10.3. The predicted molar refractivity (Wildman–Crippen MR) is 78.4 cm³/mol. The number of carbonyl (C=O) groups is 1. The standard InChI is InChI=1S/C16H22N4O/c21-16(12-4-2-1-3-5-12)20-13-6-7-14(20)9-15(8-13)19-11-17-10-18-19/h1-2,10-15H,3-9H2. The fraction of sp³-hybridized carbons (Fsp3) is 0.688. The third kappa shape index (κ3) is 2.28. The zero-order valence-electron chi connectivity index (χ0n) is 12.3. The van der Waals surface area contributed by atoms with E-state index in [9.17, 15) is 4.79 Å². The largest absolute Gasteiger partial charge is 0.336 e. The van der Waals surface area contributed by atoms with Crippen LogP contribution in [0.25, 0.3) is 0 Å². The molecule has 112 valence electrons. The highest BCUT2D eigenvalue weighted by Gasteiger charge is 2.45. The molecule has 0 radical (unpaired) electrons. The van der Waals surface area contributed by atoms with Gasteiger partial charge in [-0.3, -0.25) is 4.79 Å². The molecule has 5 heteroatoms. The lowest BCUT2D eigenvalue weighted by Crippen LogP contribution is -2.49. The minimum absolute atomic E-state index is 0.223. The van der Waals surface area contributed by atoms with E-state index in [0.29, 0.717) is 24.0 Å². The molecule has 2 fully saturated rings. The maximum Gasteiger partial charge on any atom is 0.226 e. The molecule has 2 bridgehead atoms. The van der Waals surface area contributed by atoms with Crippen LogP contribution in [0.15, 0.2) is 24.8 Å². The Morgan fingerprint density at radius 1 is 1.05 bits per heavy atom. The second-order valence-corrected chi connectivity index (χ2v) is 6.61. The highest BCUT2D eigenvalue weighted by molar-refractivity contribution is 5.80. The lowest BCUT2D eigenvalue weighted by molar-refractivity contribution is -0.141. The number of hydrogen-bond donors (Lipinski definition) is 0. The molecule has 0 N–H and O–H groups in total. The Hall–Kier alpha value is -1.65. The van der Waals surface area contributed by atoms with Gasteiger partial charge in [-0.05, 0) is 44.9 Å². The molecule has 21 heavy (non-hydrogen) atoms. The van der Waals surface area contributed by atoms with E-state index in [2.05, 4.69) is 27.1 Å². The minimum atomic E-state index is 0.223. The van der Waals surface area contributed by atoms with Gasteiger partial charge in [0.1, 0.15) is 12.7 Å². The minimum Gasteiger partial charge on any atom is -0.336 e. The molecule has 3 unspecified atom stereocenters. The Balaban J connectivity index is 1.49. The van der Waals surface area contributed by atoms with Gasteiger partial charge >= 0.3 is 0 Å². The first kappa shape index (κ1) is 13.0. The van der Waals surface area contributed by atoms with Crippen molar-refractivity contribution in [2.75, 3.05) is 0 Å². The molecule has 1 aromatic heterocycles. The lowest BCUT2D eigenvalue weighted by Gasteiger charge is -2.40. The number of fused-ring (bicyclic) bond motifs is 2. The number of amides is 1. The molecule has 0 spiro atoms. The van der Waals surface area contributed by atoms with Crippen LogP contribution in [0.1, 0.15) is 51.0 Å². The summed E-state index contributed by atoms with van der Waals surface area (Å²) in [5.41, 5.74) is 0. The molecule has 2 aliphatic heterocycles. The first-order valence-corrected chi connectivity index (χ1v) is 8.14. The predicted octanol–water partition coefficient (Wildman–Crippen LogP) is 2.33. The van der Waals surface area contributed by atoms with Crippen LogP contribution in [0.2, 0.25) is 0 Å². The van der Waals surface area contributed by atoms with Gasteiger partial charge in [0, 0.05) is 18.0 Å². The van der Waals surface area contributed by atoms with Crippen molar-refractivity contribution in [3.8, 4) is 0 Å². The topological polar surface area (TPSA) is 51.0 Å². The first-order valence-electron chi connectivity index (χ1n) is 8.14. The Morgan fingerprint density at radius 2 is 1.86 bits per heavy atom. The monoisotopic (exact) mass is 286 g/mol. The van der Waals surface area contributed by atoms with E-state index in [1.54, 1.807) is 6.33 Å². The van der Waals surface area contributed by atoms with Crippen LogP contribution in [0, 0.1) is 5.92 Å². The van der Waals surface area contributed by atoms with Gasteiger partial charge in [-0.2, -0.15) is 5.10 Å². The Kier molecular flexibility index (Phi) is 3.28. The van der Waals surface area contributed by atoms with Crippen molar-refractivity contribution >= 4 is 5.91 Å². The number of nitrogens with zero attached hydrogens (tertiary/aromatic N) is 4.